The molecule has 0 atom stereocenters. The molecule has 0 saturated carbocycles. The van der Waals surface area contributed by atoms with Gasteiger partial charge in [-0.3, -0.25) is 24.3 Å². The Hall–Kier alpha value is -4.31. The van der Waals surface area contributed by atoms with Crippen molar-refractivity contribution in [3.63, 3.8) is 0 Å². The second-order valence-corrected chi connectivity index (χ2v) is 7.44. The van der Waals surface area contributed by atoms with Crippen molar-refractivity contribution >= 4 is 17.7 Å². The Morgan fingerprint density at radius 1 is 0.969 bits per heavy atom. The molecular weight excluding hydrogens is 404 g/mol. The molecule has 4 rings (SSSR count). The van der Waals surface area contributed by atoms with Crippen LogP contribution >= 0.6 is 0 Å². The van der Waals surface area contributed by atoms with Crippen LogP contribution in [0, 0.1) is 11.3 Å². The van der Waals surface area contributed by atoms with E-state index in [1.165, 1.54) is 4.90 Å². The van der Waals surface area contributed by atoms with Crippen molar-refractivity contribution in [3.8, 4) is 6.07 Å². The lowest BCUT2D eigenvalue weighted by atomic mass is 10.1. The summed E-state index contributed by atoms with van der Waals surface area (Å²) in [7, 11) is 0. The molecule has 0 spiro atoms. The number of carbonyl (C=O) groups is 3. The van der Waals surface area contributed by atoms with E-state index < -0.39 is 0 Å². The van der Waals surface area contributed by atoms with Crippen LogP contribution in [0.3, 0.4) is 0 Å². The topological polar surface area (TPSA) is 94.4 Å². The third-order valence-corrected chi connectivity index (χ3v) is 5.27. The average Bonchev–Trinajstić information content (AvgIpc) is 3.07. The van der Waals surface area contributed by atoms with Gasteiger partial charge in [-0.25, -0.2) is 0 Å². The Morgan fingerprint density at radius 2 is 1.69 bits per heavy atom. The fourth-order valence-corrected chi connectivity index (χ4v) is 3.70. The maximum atomic E-state index is 13.2. The van der Waals surface area contributed by atoms with E-state index in [4.69, 9.17) is 5.26 Å². The van der Waals surface area contributed by atoms with Gasteiger partial charge >= 0.3 is 0 Å². The zero-order valence-electron chi connectivity index (χ0n) is 17.3. The highest BCUT2D eigenvalue weighted by Gasteiger charge is 2.35. The fourth-order valence-electron chi connectivity index (χ4n) is 3.70. The van der Waals surface area contributed by atoms with E-state index in [0.29, 0.717) is 28.8 Å². The minimum atomic E-state index is -0.338. The van der Waals surface area contributed by atoms with E-state index in [0.717, 1.165) is 5.56 Å². The van der Waals surface area contributed by atoms with Crippen molar-refractivity contribution in [2.75, 3.05) is 6.54 Å². The summed E-state index contributed by atoms with van der Waals surface area (Å²) in [4.78, 5) is 45.4. The van der Waals surface area contributed by atoms with Gasteiger partial charge in [0, 0.05) is 31.0 Å². The SMILES string of the molecule is N#CCCN(Cc1cccnc1)C(=O)c1cccc(CN2C(=O)c3ccccc3C2=O)c1. The lowest BCUT2D eigenvalue weighted by Gasteiger charge is -2.22. The fraction of sp³-hybridized carbons (Fsp3) is 0.160. The third kappa shape index (κ3) is 4.25. The Balaban J connectivity index is 1.54. The number of pyridine rings is 1. The molecule has 32 heavy (non-hydrogen) atoms. The summed E-state index contributed by atoms with van der Waals surface area (Å²) in [6, 6.07) is 19.4. The maximum absolute atomic E-state index is 13.2. The van der Waals surface area contributed by atoms with Gasteiger partial charge in [-0.2, -0.15) is 5.26 Å². The molecule has 1 aliphatic rings. The number of amides is 3. The first-order chi connectivity index (χ1) is 15.6. The number of carbonyl (C=O) groups excluding carboxylic acids is 3. The maximum Gasteiger partial charge on any atom is 0.261 e. The van der Waals surface area contributed by atoms with Crippen LogP contribution in [0.15, 0.2) is 73.1 Å². The summed E-state index contributed by atoms with van der Waals surface area (Å²) < 4.78 is 0. The summed E-state index contributed by atoms with van der Waals surface area (Å²) in [6.45, 7) is 0.693. The van der Waals surface area contributed by atoms with E-state index in [9.17, 15) is 14.4 Å². The molecule has 7 nitrogen and oxygen atoms in total. The highest BCUT2D eigenvalue weighted by atomic mass is 16.2. The van der Waals surface area contributed by atoms with Crippen molar-refractivity contribution in [1.29, 1.82) is 5.26 Å². The zero-order valence-corrected chi connectivity index (χ0v) is 17.3. The van der Waals surface area contributed by atoms with Crippen molar-refractivity contribution in [1.82, 2.24) is 14.8 Å². The Bertz CT molecular complexity index is 1180. The molecule has 0 N–H and O–H groups in total. The molecule has 0 saturated heterocycles. The summed E-state index contributed by atoms with van der Waals surface area (Å²) in [5.74, 6) is -0.905. The first kappa shape index (κ1) is 20.9. The minimum Gasteiger partial charge on any atom is -0.333 e. The number of nitrogens with zero attached hydrogens (tertiary/aromatic N) is 4. The number of rotatable bonds is 7. The third-order valence-electron chi connectivity index (χ3n) is 5.27. The Kier molecular flexibility index (Phi) is 6.04. The van der Waals surface area contributed by atoms with Crippen LogP contribution in [0.2, 0.25) is 0 Å². The molecule has 7 heteroatoms. The molecule has 0 bridgehead atoms. The molecule has 1 aromatic heterocycles. The van der Waals surface area contributed by atoms with E-state index in [1.807, 2.05) is 6.07 Å². The molecular formula is C25H20N4O3. The summed E-state index contributed by atoms with van der Waals surface area (Å²) in [5, 5.41) is 8.99. The molecule has 158 valence electrons. The summed E-state index contributed by atoms with van der Waals surface area (Å²) >= 11 is 0. The monoisotopic (exact) mass is 424 g/mol. The van der Waals surface area contributed by atoms with Crippen molar-refractivity contribution in [2.24, 2.45) is 0 Å². The highest BCUT2D eigenvalue weighted by molar-refractivity contribution is 6.21. The number of hydrogen-bond acceptors (Lipinski definition) is 5. The van der Waals surface area contributed by atoms with Crippen molar-refractivity contribution in [3.05, 3.63) is 101 Å². The van der Waals surface area contributed by atoms with Crippen LogP contribution in [0.25, 0.3) is 0 Å². The van der Waals surface area contributed by atoms with E-state index >= 15 is 0 Å². The van der Waals surface area contributed by atoms with Gasteiger partial charge < -0.3 is 4.90 Å². The van der Waals surface area contributed by atoms with Gasteiger partial charge in [-0.15, -0.1) is 0 Å². The van der Waals surface area contributed by atoms with Gasteiger partial charge in [-0.1, -0.05) is 30.3 Å². The molecule has 2 aromatic carbocycles. The van der Waals surface area contributed by atoms with Gasteiger partial charge in [0.25, 0.3) is 17.7 Å². The predicted octanol–water partition coefficient (Wildman–Crippen LogP) is 3.43. The van der Waals surface area contributed by atoms with Crippen molar-refractivity contribution < 1.29 is 14.4 Å². The molecule has 1 aliphatic heterocycles. The molecule has 0 radical (unpaired) electrons. The number of nitriles is 1. The molecule has 3 amide bonds. The smallest absolute Gasteiger partial charge is 0.261 e. The van der Waals surface area contributed by atoms with Gasteiger partial charge in [0.2, 0.25) is 0 Å². The van der Waals surface area contributed by atoms with Crippen LogP contribution < -0.4 is 0 Å². The Labute approximate surface area is 185 Å². The average molecular weight is 424 g/mol. The van der Waals surface area contributed by atoms with E-state index in [2.05, 4.69) is 11.1 Å². The van der Waals surface area contributed by atoms with Gasteiger partial charge in [0.1, 0.15) is 0 Å². The lowest BCUT2D eigenvalue weighted by molar-refractivity contribution is 0.0642. The molecule has 0 unspecified atom stereocenters. The lowest BCUT2D eigenvalue weighted by Crippen LogP contribution is -2.32. The standard InChI is InChI=1S/C25H20N4O3/c26-11-5-13-28(16-19-7-4-12-27-15-19)23(30)20-8-3-6-18(14-20)17-29-24(31)21-9-1-2-10-22(21)25(29)32/h1-4,6-10,12,14-15H,5,13,16-17H2. The van der Waals surface area contributed by atoms with E-state index in [1.54, 1.807) is 71.9 Å². The van der Waals surface area contributed by atoms with Gasteiger partial charge in [0.15, 0.2) is 0 Å². The molecule has 2 heterocycles. The van der Waals surface area contributed by atoms with Crippen LogP contribution in [-0.2, 0) is 13.1 Å². The number of aromatic nitrogens is 1. The zero-order chi connectivity index (χ0) is 22.5. The highest BCUT2D eigenvalue weighted by Crippen LogP contribution is 2.24. The minimum absolute atomic E-state index is 0.0776. The predicted molar refractivity (Wildman–Crippen MR) is 116 cm³/mol. The second kappa shape index (κ2) is 9.23. The first-order valence-electron chi connectivity index (χ1n) is 10.2. The number of benzene rings is 2. The van der Waals surface area contributed by atoms with Crippen LogP contribution in [-0.4, -0.2) is 39.1 Å². The molecule has 0 aliphatic carbocycles. The number of imide groups is 1. The Morgan fingerprint density at radius 3 is 2.34 bits per heavy atom. The van der Waals surface area contributed by atoms with Crippen LogP contribution in [0.4, 0.5) is 0 Å². The molecule has 3 aromatic rings. The number of fused-ring (bicyclic) bond motifs is 1. The van der Waals surface area contributed by atoms with E-state index in [-0.39, 0.29) is 37.2 Å². The van der Waals surface area contributed by atoms with Crippen LogP contribution in [0.1, 0.15) is 48.6 Å². The number of hydrogen-bond donors (Lipinski definition) is 0. The quantitative estimate of drug-likeness (QED) is 0.542. The van der Waals surface area contributed by atoms with Gasteiger partial charge in [0.05, 0.1) is 30.2 Å². The largest absolute Gasteiger partial charge is 0.333 e. The van der Waals surface area contributed by atoms with Gasteiger partial charge in [-0.05, 0) is 41.5 Å². The van der Waals surface area contributed by atoms with Crippen molar-refractivity contribution in [2.45, 2.75) is 19.5 Å². The van der Waals surface area contributed by atoms with Crippen LogP contribution in [0.5, 0.6) is 0 Å². The summed E-state index contributed by atoms with van der Waals surface area (Å²) in [6.07, 6.45) is 3.56. The normalized spacial score (nSPS) is 12.4. The second-order valence-electron chi connectivity index (χ2n) is 7.44. The molecule has 0 fully saturated rings. The first-order valence-corrected chi connectivity index (χ1v) is 10.2. The summed E-state index contributed by atoms with van der Waals surface area (Å²) in [5.41, 5.74) is 2.75.